The number of hydrogen-bond donors (Lipinski definition) is 1. The Morgan fingerprint density at radius 1 is 1.26 bits per heavy atom. The molecule has 0 aromatic carbocycles. The SMILES string of the molecule is CC(C)N(c1nn(/C=C/C(C)(C)C)cc1C(=O)O)C(=O)[C@H]1CC[C@H](C)CC1. The van der Waals surface area contributed by atoms with E-state index < -0.39 is 5.97 Å². The summed E-state index contributed by atoms with van der Waals surface area (Å²) < 4.78 is 1.50. The summed E-state index contributed by atoms with van der Waals surface area (Å²) in [5.74, 6) is -0.251. The molecular formula is C21H33N3O3. The number of allylic oxidation sites excluding steroid dienone is 1. The Balaban J connectivity index is 2.38. The van der Waals surface area contributed by atoms with Gasteiger partial charge < -0.3 is 5.11 Å². The Kier molecular flexibility index (Phi) is 6.50. The van der Waals surface area contributed by atoms with Crippen LogP contribution in [0.25, 0.3) is 6.20 Å². The van der Waals surface area contributed by atoms with Crippen molar-refractivity contribution in [3.05, 3.63) is 17.8 Å². The number of aromatic carboxylic acids is 1. The third kappa shape index (κ3) is 5.44. The number of rotatable bonds is 5. The molecule has 1 heterocycles. The van der Waals surface area contributed by atoms with Crippen LogP contribution in [0.15, 0.2) is 12.3 Å². The number of anilines is 1. The Hall–Kier alpha value is -2.11. The molecule has 1 aromatic heterocycles. The van der Waals surface area contributed by atoms with Crippen molar-refractivity contribution in [2.24, 2.45) is 17.3 Å². The predicted molar refractivity (Wildman–Crippen MR) is 108 cm³/mol. The van der Waals surface area contributed by atoms with Gasteiger partial charge in [0.2, 0.25) is 5.91 Å². The fourth-order valence-electron chi connectivity index (χ4n) is 3.39. The Morgan fingerprint density at radius 3 is 2.33 bits per heavy atom. The van der Waals surface area contributed by atoms with Gasteiger partial charge in [-0.3, -0.25) is 9.69 Å². The van der Waals surface area contributed by atoms with E-state index in [2.05, 4.69) is 32.8 Å². The zero-order valence-electron chi connectivity index (χ0n) is 17.4. The van der Waals surface area contributed by atoms with Crippen LogP contribution in [0.2, 0.25) is 0 Å². The minimum atomic E-state index is -1.07. The highest BCUT2D eigenvalue weighted by molar-refractivity contribution is 6.01. The van der Waals surface area contributed by atoms with E-state index in [1.54, 1.807) is 11.1 Å². The van der Waals surface area contributed by atoms with Gasteiger partial charge in [0.1, 0.15) is 5.56 Å². The largest absolute Gasteiger partial charge is 0.477 e. The maximum atomic E-state index is 13.2. The zero-order valence-corrected chi connectivity index (χ0v) is 17.4. The molecule has 0 bridgehead atoms. The maximum Gasteiger partial charge on any atom is 0.341 e. The van der Waals surface area contributed by atoms with E-state index in [1.165, 1.54) is 10.9 Å². The summed E-state index contributed by atoms with van der Waals surface area (Å²) in [6.45, 7) is 12.2. The fraction of sp³-hybridized carbons (Fsp3) is 0.667. The first-order valence-corrected chi connectivity index (χ1v) is 9.84. The second-order valence-electron chi connectivity index (χ2n) is 9.09. The molecule has 1 aromatic rings. The predicted octanol–water partition coefficient (Wildman–Crippen LogP) is 4.67. The van der Waals surface area contributed by atoms with Crippen molar-refractivity contribution in [1.82, 2.24) is 9.78 Å². The molecule has 0 atom stereocenters. The molecule has 1 N–H and O–H groups in total. The maximum absolute atomic E-state index is 13.2. The first-order valence-electron chi connectivity index (χ1n) is 9.84. The highest BCUT2D eigenvalue weighted by Gasteiger charge is 2.33. The van der Waals surface area contributed by atoms with Gasteiger partial charge in [0.15, 0.2) is 5.82 Å². The normalized spacial score (nSPS) is 21.0. The second-order valence-corrected chi connectivity index (χ2v) is 9.09. The minimum Gasteiger partial charge on any atom is -0.477 e. The number of nitrogens with zero attached hydrogens (tertiary/aromatic N) is 3. The van der Waals surface area contributed by atoms with Crippen molar-refractivity contribution in [1.29, 1.82) is 0 Å². The number of carboxylic acid groups (broad SMARTS) is 1. The van der Waals surface area contributed by atoms with E-state index in [1.807, 2.05) is 19.9 Å². The van der Waals surface area contributed by atoms with Crippen LogP contribution in [0.1, 0.15) is 77.6 Å². The number of carbonyl (C=O) groups is 2. The molecule has 0 radical (unpaired) electrons. The summed E-state index contributed by atoms with van der Waals surface area (Å²) >= 11 is 0. The van der Waals surface area contributed by atoms with Gasteiger partial charge in [0.25, 0.3) is 0 Å². The third-order valence-electron chi connectivity index (χ3n) is 5.02. The van der Waals surface area contributed by atoms with Gasteiger partial charge in [-0.15, -0.1) is 5.10 Å². The lowest BCUT2D eigenvalue weighted by molar-refractivity contribution is -0.123. The van der Waals surface area contributed by atoms with Crippen molar-refractivity contribution < 1.29 is 14.7 Å². The summed E-state index contributed by atoms with van der Waals surface area (Å²) in [4.78, 5) is 26.6. The third-order valence-corrected chi connectivity index (χ3v) is 5.02. The van der Waals surface area contributed by atoms with Crippen molar-refractivity contribution in [3.63, 3.8) is 0 Å². The lowest BCUT2D eigenvalue weighted by Crippen LogP contribution is -2.43. The van der Waals surface area contributed by atoms with Crippen LogP contribution in [-0.2, 0) is 4.79 Å². The van der Waals surface area contributed by atoms with Gasteiger partial charge in [-0.05, 0) is 50.9 Å². The molecule has 0 aliphatic heterocycles. The van der Waals surface area contributed by atoms with E-state index in [0.29, 0.717) is 5.92 Å². The van der Waals surface area contributed by atoms with Crippen LogP contribution in [0.3, 0.4) is 0 Å². The molecule has 1 amide bonds. The highest BCUT2D eigenvalue weighted by atomic mass is 16.4. The van der Waals surface area contributed by atoms with Crippen molar-refractivity contribution in [2.45, 2.75) is 73.3 Å². The Labute approximate surface area is 162 Å². The molecule has 0 spiro atoms. The number of carbonyl (C=O) groups excluding carboxylic acids is 1. The van der Waals surface area contributed by atoms with Crippen LogP contribution < -0.4 is 4.90 Å². The van der Waals surface area contributed by atoms with Crippen molar-refractivity contribution in [3.8, 4) is 0 Å². The van der Waals surface area contributed by atoms with Gasteiger partial charge in [-0.1, -0.05) is 33.8 Å². The van der Waals surface area contributed by atoms with E-state index in [9.17, 15) is 14.7 Å². The van der Waals surface area contributed by atoms with E-state index in [4.69, 9.17) is 0 Å². The smallest absolute Gasteiger partial charge is 0.341 e. The van der Waals surface area contributed by atoms with Crippen LogP contribution in [0.5, 0.6) is 0 Å². The average molecular weight is 376 g/mol. The van der Waals surface area contributed by atoms with Crippen LogP contribution in [-0.4, -0.2) is 32.8 Å². The van der Waals surface area contributed by atoms with Gasteiger partial charge in [0, 0.05) is 24.4 Å². The van der Waals surface area contributed by atoms with Gasteiger partial charge >= 0.3 is 5.97 Å². The quantitative estimate of drug-likeness (QED) is 0.812. The monoisotopic (exact) mass is 375 g/mol. The molecular weight excluding hydrogens is 342 g/mol. The van der Waals surface area contributed by atoms with E-state index in [-0.39, 0.29) is 34.7 Å². The molecule has 1 aliphatic carbocycles. The molecule has 150 valence electrons. The number of aromatic nitrogens is 2. The molecule has 6 heteroatoms. The van der Waals surface area contributed by atoms with Crippen LogP contribution >= 0.6 is 0 Å². The number of amides is 1. The topological polar surface area (TPSA) is 75.4 Å². The Morgan fingerprint density at radius 2 is 1.85 bits per heavy atom. The first kappa shape index (κ1) is 21.2. The van der Waals surface area contributed by atoms with Gasteiger partial charge in [-0.2, -0.15) is 0 Å². The first-order chi connectivity index (χ1) is 12.5. The standard InChI is InChI=1S/C21H33N3O3/c1-14(2)24(19(25)16-9-7-15(3)8-10-16)18-17(20(26)27)13-23(22-18)12-11-21(4,5)6/h11-16H,7-10H2,1-6H3,(H,26,27)/b12-11+/t15-,16-. The second kappa shape index (κ2) is 8.28. The van der Waals surface area contributed by atoms with E-state index >= 15 is 0 Å². The zero-order chi connectivity index (χ0) is 20.4. The molecule has 1 fully saturated rings. The minimum absolute atomic E-state index is 0.00977. The summed E-state index contributed by atoms with van der Waals surface area (Å²) in [5, 5.41) is 14.1. The summed E-state index contributed by atoms with van der Waals surface area (Å²) in [7, 11) is 0. The molecule has 0 saturated heterocycles. The van der Waals surface area contributed by atoms with Gasteiger partial charge in [-0.25, -0.2) is 9.48 Å². The average Bonchev–Trinajstić information content (AvgIpc) is 2.97. The van der Waals surface area contributed by atoms with Crippen LogP contribution in [0.4, 0.5) is 5.82 Å². The molecule has 0 unspecified atom stereocenters. The Bertz CT molecular complexity index is 705. The summed E-state index contributed by atoms with van der Waals surface area (Å²) in [6.07, 6.45) is 8.98. The molecule has 1 saturated carbocycles. The lowest BCUT2D eigenvalue weighted by Gasteiger charge is -2.32. The van der Waals surface area contributed by atoms with Gasteiger partial charge in [0.05, 0.1) is 0 Å². The van der Waals surface area contributed by atoms with Crippen molar-refractivity contribution >= 4 is 23.9 Å². The molecule has 2 rings (SSSR count). The van der Waals surface area contributed by atoms with Crippen LogP contribution in [0, 0.1) is 17.3 Å². The number of carboxylic acids is 1. The molecule has 27 heavy (non-hydrogen) atoms. The number of hydrogen-bond acceptors (Lipinski definition) is 3. The molecule has 6 nitrogen and oxygen atoms in total. The summed E-state index contributed by atoms with van der Waals surface area (Å²) in [5.41, 5.74) is 0.00163. The fourth-order valence-corrected chi connectivity index (χ4v) is 3.39. The lowest BCUT2D eigenvalue weighted by atomic mass is 9.82. The molecule has 1 aliphatic rings. The van der Waals surface area contributed by atoms with Crippen molar-refractivity contribution in [2.75, 3.05) is 4.90 Å². The highest BCUT2D eigenvalue weighted by Crippen LogP contribution is 2.32. The summed E-state index contributed by atoms with van der Waals surface area (Å²) in [6, 6.07) is -0.162. The van der Waals surface area contributed by atoms with E-state index in [0.717, 1.165) is 25.7 Å².